The summed E-state index contributed by atoms with van der Waals surface area (Å²) in [5, 5.41) is 19.6. The van der Waals surface area contributed by atoms with E-state index >= 15 is 0 Å². The van der Waals surface area contributed by atoms with E-state index in [1.165, 1.54) is 0 Å². The number of aliphatic hydroxyl groups excluding tert-OH is 1. The van der Waals surface area contributed by atoms with Gasteiger partial charge in [0.15, 0.2) is 6.10 Å². The SMILES string of the molecule is CCCC(C)C(=O)NC[C@H](O)C(=O)O. The molecular weight excluding hydrogens is 186 g/mol. The number of amides is 1. The van der Waals surface area contributed by atoms with Gasteiger partial charge in [-0.25, -0.2) is 4.79 Å². The van der Waals surface area contributed by atoms with Gasteiger partial charge in [0.05, 0.1) is 6.54 Å². The quantitative estimate of drug-likeness (QED) is 0.566. The molecule has 0 aliphatic rings. The Hall–Kier alpha value is -1.10. The Balaban J connectivity index is 3.78. The molecule has 0 saturated heterocycles. The van der Waals surface area contributed by atoms with Crippen LogP contribution in [0.5, 0.6) is 0 Å². The van der Waals surface area contributed by atoms with Gasteiger partial charge < -0.3 is 15.5 Å². The van der Waals surface area contributed by atoms with Gasteiger partial charge >= 0.3 is 5.97 Å². The first-order valence-electron chi connectivity index (χ1n) is 4.67. The van der Waals surface area contributed by atoms with Gasteiger partial charge in [-0.05, 0) is 6.42 Å². The zero-order valence-electron chi connectivity index (χ0n) is 8.49. The van der Waals surface area contributed by atoms with Crippen molar-refractivity contribution in [1.82, 2.24) is 5.32 Å². The molecule has 0 aromatic carbocycles. The predicted octanol–water partition coefficient (Wildman–Crippen LogP) is -0.0157. The summed E-state index contributed by atoms with van der Waals surface area (Å²) in [6.07, 6.45) is 0.137. The summed E-state index contributed by atoms with van der Waals surface area (Å²) in [7, 11) is 0. The Kier molecular flexibility index (Phi) is 5.87. The average Bonchev–Trinajstić information content (AvgIpc) is 2.13. The topological polar surface area (TPSA) is 86.6 Å². The van der Waals surface area contributed by atoms with Crippen LogP contribution in [-0.4, -0.2) is 34.7 Å². The maximum Gasteiger partial charge on any atom is 0.334 e. The number of carboxylic acids is 1. The smallest absolute Gasteiger partial charge is 0.334 e. The molecule has 0 radical (unpaired) electrons. The fourth-order valence-corrected chi connectivity index (χ4v) is 1.02. The molecule has 0 saturated carbocycles. The lowest BCUT2D eigenvalue weighted by Gasteiger charge is -2.12. The van der Waals surface area contributed by atoms with Crippen molar-refractivity contribution in [2.24, 2.45) is 5.92 Å². The van der Waals surface area contributed by atoms with E-state index in [9.17, 15) is 9.59 Å². The largest absolute Gasteiger partial charge is 0.479 e. The van der Waals surface area contributed by atoms with Crippen LogP contribution >= 0.6 is 0 Å². The zero-order chi connectivity index (χ0) is 11.1. The summed E-state index contributed by atoms with van der Waals surface area (Å²) in [4.78, 5) is 21.5. The number of carbonyl (C=O) groups excluding carboxylic acids is 1. The van der Waals surface area contributed by atoms with Crippen molar-refractivity contribution >= 4 is 11.9 Å². The van der Waals surface area contributed by atoms with Crippen LogP contribution in [0.4, 0.5) is 0 Å². The normalized spacial score (nSPS) is 14.5. The summed E-state index contributed by atoms with van der Waals surface area (Å²) in [6.45, 7) is 3.50. The minimum atomic E-state index is -1.52. The van der Waals surface area contributed by atoms with E-state index in [0.717, 1.165) is 12.8 Å². The maximum absolute atomic E-state index is 11.2. The van der Waals surface area contributed by atoms with E-state index in [1.54, 1.807) is 6.92 Å². The molecule has 0 aliphatic carbocycles. The van der Waals surface area contributed by atoms with Gasteiger partial charge in [-0.1, -0.05) is 20.3 Å². The highest BCUT2D eigenvalue weighted by atomic mass is 16.4. The Morgan fingerprint density at radius 3 is 2.43 bits per heavy atom. The molecule has 1 amide bonds. The van der Waals surface area contributed by atoms with E-state index in [-0.39, 0.29) is 18.4 Å². The van der Waals surface area contributed by atoms with Gasteiger partial charge in [0.25, 0.3) is 0 Å². The molecule has 5 nitrogen and oxygen atoms in total. The Morgan fingerprint density at radius 2 is 2.00 bits per heavy atom. The van der Waals surface area contributed by atoms with Crippen LogP contribution < -0.4 is 5.32 Å². The van der Waals surface area contributed by atoms with Crippen LogP contribution in [0.15, 0.2) is 0 Å². The van der Waals surface area contributed by atoms with Crippen molar-refractivity contribution in [1.29, 1.82) is 0 Å². The first-order valence-corrected chi connectivity index (χ1v) is 4.67. The maximum atomic E-state index is 11.2. The summed E-state index contributed by atoms with van der Waals surface area (Å²) < 4.78 is 0. The first kappa shape index (κ1) is 12.9. The van der Waals surface area contributed by atoms with Gasteiger partial charge in [0, 0.05) is 5.92 Å². The van der Waals surface area contributed by atoms with Crippen LogP contribution in [0.2, 0.25) is 0 Å². The molecule has 2 atom stereocenters. The lowest BCUT2D eigenvalue weighted by atomic mass is 10.1. The lowest BCUT2D eigenvalue weighted by Crippen LogP contribution is -2.38. The minimum absolute atomic E-state index is 0.138. The molecule has 0 aromatic rings. The summed E-state index contributed by atoms with van der Waals surface area (Å²) >= 11 is 0. The number of rotatable bonds is 6. The number of nitrogens with one attached hydrogen (secondary N) is 1. The zero-order valence-corrected chi connectivity index (χ0v) is 8.49. The highest BCUT2D eigenvalue weighted by Gasteiger charge is 2.16. The van der Waals surface area contributed by atoms with Crippen LogP contribution in [0, 0.1) is 5.92 Å². The van der Waals surface area contributed by atoms with Gasteiger partial charge in [-0.3, -0.25) is 4.79 Å². The number of carbonyl (C=O) groups is 2. The molecule has 0 heterocycles. The summed E-state index contributed by atoms with van der Waals surface area (Å²) in [6, 6.07) is 0. The highest BCUT2D eigenvalue weighted by Crippen LogP contribution is 2.04. The molecule has 3 N–H and O–H groups in total. The molecule has 0 rings (SSSR count). The second kappa shape index (κ2) is 6.37. The van der Waals surface area contributed by atoms with E-state index in [2.05, 4.69) is 5.32 Å². The van der Waals surface area contributed by atoms with E-state index in [0.29, 0.717) is 0 Å². The Bertz CT molecular complexity index is 205. The van der Waals surface area contributed by atoms with E-state index < -0.39 is 12.1 Å². The third-order valence-electron chi connectivity index (χ3n) is 1.92. The van der Waals surface area contributed by atoms with Crippen molar-refractivity contribution in [3.05, 3.63) is 0 Å². The monoisotopic (exact) mass is 203 g/mol. The van der Waals surface area contributed by atoms with Gasteiger partial charge in [0.1, 0.15) is 0 Å². The fourth-order valence-electron chi connectivity index (χ4n) is 1.02. The summed E-state index contributed by atoms with van der Waals surface area (Å²) in [5.41, 5.74) is 0. The molecule has 1 unspecified atom stereocenters. The van der Waals surface area contributed by atoms with Gasteiger partial charge in [-0.2, -0.15) is 0 Å². The molecule has 0 aromatic heterocycles. The van der Waals surface area contributed by atoms with Crippen molar-refractivity contribution in [3.8, 4) is 0 Å². The second-order valence-electron chi connectivity index (χ2n) is 3.29. The lowest BCUT2D eigenvalue weighted by molar-refractivity contribution is -0.146. The van der Waals surface area contributed by atoms with Crippen molar-refractivity contribution in [3.63, 3.8) is 0 Å². The second-order valence-corrected chi connectivity index (χ2v) is 3.29. The van der Waals surface area contributed by atoms with Crippen molar-refractivity contribution < 1.29 is 19.8 Å². The fraction of sp³-hybridized carbons (Fsp3) is 0.778. The van der Waals surface area contributed by atoms with E-state index in [4.69, 9.17) is 10.2 Å². The number of aliphatic carboxylic acids is 1. The number of carboxylic acid groups (broad SMARTS) is 1. The minimum Gasteiger partial charge on any atom is -0.479 e. The van der Waals surface area contributed by atoms with E-state index in [1.807, 2.05) is 6.92 Å². The summed E-state index contributed by atoms with van der Waals surface area (Å²) in [5.74, 6) is -1.68. The van der Waals surface area contributed by atoms with Crippen LogP contribution in [0.25, 0.3) is 0 Å². The first-order chi connectivity index (χ1) is 6.49. The van der Waals surface area contributed by atoms with Gasteiger partial charge in [0.2, 0.25) is 5.91 Å². The highest BCUT2D eigenvalue weighted by molar-refractivity contribution is 5.79. The van der Waals surface area contributed by atoms with Crippen molar-refractivity contribution in [2.45, 2.75) is 32.8 Å². The third-order valence-corrected chi connectivity index (χ3v) is 1.92. The third kappa shape index (κ3) is 4.81. The van der Waals surface area contributed by atoms with Crippen LogP contribution in [0.1, 0.15) is 26.7 Å². The predicted molar refractivity (Wildman–Crippen MR) is 50.7 cm³/mol. The Labute approximate surface area is 83.1 Å². The average molecular weight is 203 g/mol. The molecular formula is C9H17NO4. The number of hydrogen-bond acceptors (Lipinski definition) is 3. The standard InChI is InChI=1S/C9H17NO4/c1-3-4-6(2)8(12)10-5-7(11)9(13)14/h6-7,11H,3-5H2,1-2H3,(H,10,12)(H,13,14)/t6?,7-/m0/s1. The molecule has 82 valence electrons. The Morgan fingerprint density at radius 1 is 1.43 bits per heavy atom. The molecule has 14 heavy (non-hydrogen) atoms. The molecule has 0 aliphatic heterocycles. The van der Waals surface area contributed by atoms with Crippen LogP contribution in [0.3, 0.4) is 0 Å². The molecule has 0 fully saturated rings. The molecule has 0 spiro atoms. The molecule has 0 bridgehead atoms. The number of hydrogen-bond donors (Lipinski definition) is 3. The van der Waals surface area contributed by atoms with Crippen molar-refractivity contribution in [2.75, 3.05) is 6.54 Å². The number of aliphatic hydroxyl groups is 1. The molecule has 5 heteroatoms. The van der Waals surface area contributed by atoms with Gasteiger partial charge in [-0.15, -0.1) is 0 Å². The van der Waals surface area contributed by atoms with Crippen LogP contribution in [-0.2, 0) is 9.59 Å².